The van der Waals surface area contributed by atoms with Crippen molar-refractivity contribution < 1.29 is 19.5 Å². The van der Waals surface area contributed by atoms with Crippen molar-refractivity contribution in [3.63, 3.8) is 0 Å². The number of anilines is 1. The number of unbranched alkanes of at least 4 members (excludes halogenated alkanes) is 3. The minimum Gasteiger partial charge on any atom is -0.396 e. The van der Waals surface area contributed by atoms with Crippen LogP contribution < -0.4 is 4.90 Å². The summed E-state index contributed by atoms with van der Waals surface area (Å²) >= 11 is 8.38. The smallest absolute Gasteiger partial charge is 0.251 e. The maximum atomic E-state index is 14.8. The number of likely N-dealkylation sites (tertiary alicyclic amines) is 1. The molecule has 3 saturated heterocycles. The second-order valence-electron chi connectivity index (χ2n) is 12.1. The third-order valence-corrected chi connectivity index (χ3v) is 11.6. The first kappa shape index (κ1) is 32.6. The minimum atomic E-state index is -0.716. The molecule has 1 N–H and O–H groups in total. The Morgan fingerprint density at radius 1 is 1.14 bits per heavy atom. The maximum Gasteiger partial charge on any atom is 0.251 e. The summed E-state index contributed by atoms with van der Waals surface area (Å²) in [6, 6.07) is 4.85. The molecule has 1 aromatic rings. The number of aliphatic hydroxyl groups excluding tert-OH is 1. The number of benzene rings is 1. The highest BCUT2D eigenvalue weighted by Gasteiger charge is 2.77. The molecule has 4 rings (SSSR count). The molecule has 0 saturated carbocycles. The average molecular weight is 616 g/mol. The fourth-order valence-electron chi connectivity index (χ4n) is 7.52. The molecule has 9 heteroatoms. The zero-order chi connectivity index (χ0) is 30.7. The van der Waals surface area contributed by atoms with Crippen LogP contribution in [0.3, 0.4) is 0 Å². The number of carbonyl (C=O) groups is 3. The van der Waals surface area contributed by atoms with Crippen LogP contribution in [0.1, 0.15) is 64.4 Å². The highest BCUT2D eigenvalue weighted by molar-refractivity contribution is 8.02. The van der Waals surface area contributed by atoms with Crippen LogP contribution in [0.4, 0.5) is 5.69 Å². The van der Waals surface area contributed by atoms with E-state index in [0.29, 0.717) is 43.2 Å². The van der Waals surface area contributed by atoms with Gasteiger partial charge >= 0.3 is 0 Å². The van der Waals surface area contributed by atoms with E-state index < -0.39 is 27.4 Å². The molecule has 2 bridgehead atoms. The first-order valence-corrected chi connectivity index (χ1v) is 16.5. The Labute approximate surface area is 260 Å². The fourth-order valence-corrected chi connectivity index (χ4v) is 10.2. The number of thioether (sulfide) groups is 1. The average Bonchev–Trinajstić information content (AvgIpc) is 3.52. The van der Waals surface area contributed by atoms with Crippen molar-refractivity contribution >= 4 is 46.8 Å². The number of amides is 3. The lowest BCUT2D eigenvalue weighted by atomic mass is 9.66. The Kier molecular flexibility index (Phi) is 10.5. The standard InChI is InChI=1S/C33H46ClN3O4S/c1-6-18-35(19-7-2)29(39)25-26-30(40)37(21-11-9-10-12-22-38)28(33(26)17-16-32(25,5)42-33)31(41)36(20-8-3)27-23(4)14-13-15-24(27)34/h6,8,13-15,25-26,28,38H,1,3,7,9-12,16-22H2,2,4-5H3/t25-,26+,28?,32+,33?/m1/s1. The van der Waals surface area contributed by atoms with Crippen molar-refractivity contribution in [2.24, 2.45) is 11.8 Å². The number of aryl methyl sites for hydroxylation is 1. The van der Waals surface area contributed by atoms with Crippen molar-refractivity contribution in [1.82, 2.24) is 9.80 Å². The molecule has 5 atom stereocenters. The van der Waals surface area contributed by atoms with Crippen LogP contribution in [-0.2, 0) is 14.4 Å². The Balaban J connectivity index is 1.78. The second kappa shape index (κ2) is 13.6. The van der Waals surface area contributed by atoms with Crippen molar-refractivity contribution in [2.45, 2.75) is 81.3 Å². The van der Waals surface area contributed by atoms with Gasteiger partial charge in [0, 0.05) is 37.5 Å². The first-order chi connectivity index (χ1) is 20.1. The van der Waals surface area contributed by atoms with Crippen LogP contribution in [0.2, 0.25) is 5.02 Å². The van der Waals surface area contributed by atoms with Crippen molar-refractivity contribution in [3.8, 4) is 0 Å². The predicted molar refractivity (Wildman–Crippen MR) is 172 cm³/mol. The molecule has 3 amide bonds. The van der Waals surface area contributed by atoms with Crippen LogP contribution >= 0.6 is 23.4 Å². The Hall–Kier alpha value is -2.29. The summed E-state index contributed by atoms with van der Waals surface area (Å²) in [5, 5.41) is 9.70. The molecule has 3 aliphatic rings. The number of hydrogen-bond acceptors (Lipinski definition) is 5. The summed E-state index contributed by atoms with van der Waals surface area (Å²) < 4.78 is -1.13. The number of hydrogen-bond donors (Lipinski definition) is 1. The maximum absolute atomic E-state index is 14.8. The van der Waals surface area contributed by atoms with Gasteiger partial charge in [0.2, 0.25) is 11.8 Å². The van der Waals surface area contributed by atoms with Gasteiger partial charge in [-0.15, -0.1) is 24.9 Å². The van der Waals surface area contributed by atoms with Gasteiger partial charge in [-0.2, -0.15) is 0 Å². The third kappa shape index (κ3) is 5.67. The molecule has 3 fully saturated rings. The molecule has 230 valence electrons. The van der Waals surface area contributed by atoms with E-state index in [9.17, 15) is 19.5 Å². The summed E-state index contributed by atoms with van der Waals surface area (Å²) in [5.74, 6) is -1.33. The molecule has 0 aromatic heterocycles. The van der Waals surface area contributed by atoms with E-state index in [4.69, 9.17) is 11.6 Å². The van der Waals surface area contributed by atoms with Crippen LogP contribution in [0.15, 0.2) is 43.5 Å². The molecular formula is C33H46ClN3O4S. The van der Waals surface area contributed by atoms with Gasteiger partial charge < -0.3 is 19.8 Å². The fraction of sp³-hybridized carbons (Fsp3) is 0.606. The van der Waals surface area contributed by atoms with Gasteiger partial charge in [-0.1, -0.05) is 55.7 Å². The zero-order valence-corrected chi connectivity index (χ0v) is 26.9. The number of halogens is 1. The normalized spacial score (nSPS) is 27.7. The van der Waals surface area contributed by atoms with Crippen LogP contribution in [-0.4, -0.2) is 80.9 Å². The minimum absolute atomic E-state index is 0.00688. The molecule has 3 heterocycles. The van der Waals surface area contributed by atoms with Gasteiger partial charge in [0.15, 0.2) is 0 Å². The van der Waals surface area contributed by atoms with E-state index in [1.807, 2.05) is 30.9 Å². The molecular weight excluding hydrogens is 570 g/mol. The number of para-hydroxylation sites is 1. The molecule has 42 heavy (non-hydrogen) atoms. The lowest BCUT2D eigenvalue weighted by Gasteiger charge is -2.38. The Bertz CT molecular complexity index is 1190. The SMILES string of the molecule is C=CCN(CCC)C(=O)[C@H]1[C@H]2C(=O)N(CCCCCCO)C(C(=O)N(CC=C)c3c(C)cccc3Cl)C23CC[C@]1(C)S3. The first-order valence-electron chi connectivity index (χ1n) is 15.3. The zero-order valence-electron chi connectivity index (χ0n) is 25.3. The molecule has 1 aromatic carbocycles. The van der Waals surface area contributed by atoms with Crippen molar-refractivity contribution in [3.05, 3.63) is 54.1 Å². The van der Waals surface area contributed by atoms with E-state index in [1.165, 1.54) is 0 Å². The lowest BCUT2D eigenvalue weighted by molar-refractivity contribution is -0.145. The predicted octanol–water partition coefficient (Wildman–Crippen LogP) is 5.63. The molecule has 0 radical (unpaired) electrons. The Morgan fingerprint density at radius 3 is 2.50 bits per heavy atom. The van der Waals surface area contributed by atoms with E-state index in [1.54, 1.807) is 39.8 Å². The van der Waals surface area contributed by atoms with E-state index in [0.717, 1.165) is 37.7 Å². The van der Waals surface area contributed by atoms with Crippen LogP contribution in [0.5, 0.6) is 0 Å². The number of fused-ring (bicyclic) bond motifs is 1. The Morgan fingerprint density at radius 2 is 1.86 bits per heavy atom. The summed E-state index contributed by atoms with van der Waals surface area (Å²) in [4.78, 5) is 48.9. The summed E-state index contributed by atoms with van der Waals surface area (Å²) in [5.41, 5.74) is 1.50. The number of aliphatic hydroxyl groups is 1. The van der Waals surface area contributed by atoms with Crippen LogP contribution in [0.25, 0.3) is 0 Å². The van der Waals surface area contributed by atoms with Gasteiger partial charge in [0.1, 0.15) is 6.04 Å². The third-order valence-electron chi connectivity index (χ3n) is 9.27. The van der Waals surface area contributed by atoms with Gasteiger partial charge in [0.05, 0.1) is 27.3 Å². The monoisotopic (exact) mass is 615 g/mol. The van der Waals surface area contributed by atoms with E-state index in [-0.39, 0.29) is 30.9 Å². The van der Waals surface area contributed by atoms with Gasteiger partial charge in [-0.05, 0) is 57.6 Å². The second-order valence-corrected chi connectivity index (χ2v) is 14.4. The van der Waals surface area contributed by atoms with Crippen molar-refractivity contribution in [2.75, 3.05) is 37.7 Å². The number of rotatable bonds is 15. The quantitative estimate of drug-likeness (QED) is 0.204. The molecule has 0 aliphatic carbocycles. The van der Waals surface area contributed by atoms with Crippen molar-refractivity contribution in [1.29, 1.82) is 0 Å². The summed E-state index contributed by atoms with van der Waals surface area (Å²) in [6.07, 6.45) is 8.86. The van der Waals surface area contributed by atoms with Gasteiger partial charge in [-0.3, -0.25) is 14.4 Å². The van der Waals surface area contributed by atoms with E-state index in [2.05, 4.69) is 20.1 Å². The highest BCUT2D eigenvalue weighted by atomic mass is 35.5. The molecule has 3 aliphatic heterocycles. The molecule has 2 unspecified atom stereocenters. The molecule has 7 nitrogen and oxygen atoms in total. The summed E-state index contributed by atoms with van der Waals surface area (Å²) in [7, 11) is 0. The highest BCUT2D eigenvalue weighted by Crippen LogP contribution is 2.71. The van der Waals surface area contributed by atoms with E-state index >= 15 is 0 Å². The van der Waals surface area contributed by atoms with Gasteiger partial charge in [0.25, 0.3) is 5.91 Å². The summed E-state index contributed by atoms with van der Waals surface area (Å²) in [6.45, 7) is 15.7. The number of nitrogens with zero attached hydrogens (tertiary/aromatic N) is 3. The molecule has 1 spiro atoms. The topological polar surface area (TPSA) is 81.2 Å². The largest absolute Gasteiger partial charge is 0.396 e. The number of carbonyl (C=O) groups excluding carboxylic acids is 3. The lowest BCUT2D eigenvalue weighted by Crippen LogP contribution is -2.55. The van der Waals surface area contributed by atoms with Gasteiger partial charge in [-0.25, -0.2) is 0 Å². The van der Waals surface area contributed by atoms with Crippen LogP contribution in [0, 0.1) is 18.8 Å².